The Morgan fingerprint density at radius 1 is 1.31 bits per heavy atom. The summed E-state index contributed by atoms with van der Waals surface area (Å²) in [7, 11) is 1.68. The zero-order valence-corrected chi connectivity index (χ0v) is 18.9. The van der Waals surface area contributed by atoms with Crippen LogP contribution in [0.15, 0.2) is 4.99 Å². The number of fused-ring (bicyclic) bond motifs is 1. The quantitative estimate of drug-likeness (QED) is 0.532. The summed E-state index contributed by atoms with van der Waals surface area (Å²) < 4.78 is 7.17. The molecule has 1 saturated heterocycles. The fourth-order valence-corrected chi connectivity index (χ4v) is 4.29. The van der Waals surface area contributed by atoms with Crippen LogP contribution >= 0.6 is 0 Å². The third-order valence-corrected chi connectivity index (χ3v) is 6.00. The van der Waals surface area contributed by atoms with Crippen LogP contribution in [0.3, 0.4) is 0 Å². The number of ether oxygens (including phenoxy) is 1. The Kier molecular flexibility index (Phi) is 7.51. The van der Waals surface area contributed by atoms with Gasteiger partial charge in [0, 0.05) is 38.2 Å². The van der Waals surface area contributed by atoms with Gasteiger partial charge >= 0.3 is 0 Å². The Bertz CT molecular complexity index is 685. The number of guanidine groups is 1. The Morgan fingerprint density at radius 2 is 2.14 bits per heavy atom. The van der Waals surface area contributed by atoms with E-state index >= 15 is 0 Å². The van der Waals surface area contributed by atoms with E-state index in [9.17, 15) is 0 Å². The van der Waals surface area contributed by atoms with Gasteiger partial charge in [-0.05, 0) is 52.5 Å². The highest BCUT2D eigenvalue weighted by molar-refractivity contribution is 5.80. The molecule has 0 aromatic carbocycles. The van der Waals surface area contributed by atoms with Crippen molar-refractivity contribution in [2.45, 2.75) is 78.1 Å². The van der Waals surface area contributed by atoms with Crippen LogP contribution in [0, 0.1) is 5.92 Å². The van der Waals surface area contributed by atoms with Crippen LogP contribution < -0.4 is 10.6 Å². The second-order valence-corrected chi connectivity index (χ2v) is 9.14. The lowest BCUT2D eigenvalue weighted by Crippen LogP contribution is -2.52. The van der Waals surface area contributed by atoms with Gasteiger partial charge in [-0.1, -0.05) is 6.92 Å². The maximum absolute atomic E-state index is 5.16. The average molecular weight is 406 g/mol. The first-order chi connectivity index (χ1) is 13.9. The van der Waals surface area contributed by atoms with Gasteiger partial charge in [0.1, 0.15) is 12.4 Å². The number of aryl methyl sites for hydroxylation is 1. The van der Waals surface area contributed by atoms with Gasteiger partial charge < -0.3 is 15.4 Å². The molecule has 0 saturated carbocycles. The zero-order chi connectivity index (χ0) is 20.9. The van der Waals surface area contributed by atoms with Crippen molar-refractivity contribution >= 4 is 5.96 Å². The van der Waals surface area contributed by atoms with Crippen LogP contribution in [-0.4, -0.2) is 70.5 Å². The monoisotopic (exact) mass is 405 g/mol. The number of hydrogen-bond donors (Lipinski definition) is 2. The summed E-state index contributed by atoms with van der Waals surface area (Å²) in [5.74, 6) is 3.50. The molecular formula is C21H39N7O. The Balaban J connectivity index is 1.60. The van der Waals surface area contributed by atoms with Crippen LogP contribution in [0.1, 0.15) is 58.6 Å². The summed E-state index contributed by atoms with van der Waals surface area (Å²) >= 11 is 0. The number of rotatable bonds is 7. The van der Waals surface area contributed by atoms with Gasteiger partial charge in [-0.3, -0.25) is 9.89 Å². The van der Waals surface area contributed by atoms with Crippen molar-refractivity contribution in [3.63, 3.8) is 0 Å². The van der Waals surface area contributed by atoms with E-state index in [4.69, 9.17) is 9.73 Å². The molecule has 0 aliphatic carbocycles. The van der Waals surface area contributed by atoms with E-state index in [1.165, 1.54) is 25.9 Å². The van der Waals surface area contributed by atoms with Crippen molar-refractivity contribution < 1.29 is 4.74 Å². The summed E-state index contributed by atoms with van der Waals surface area (Å²) in [6.45, 7) is 14.4. The van der Waals surface area contributed by atoms with Crippen LogP contribution in [0.5, 0.6) is 0 Å². The molecule has 3 rings (SSSR count). The van der Waals surface area contributed by atoms with Gasteiger partial charge in [0.2, 0.25) is 0 Å². The maximum atomic E-state index is 5.16. The van der Waals surface area contributed by atoms with E-state index in [2.05, 4.69) is 53.3 Å². The van der Waals surface area contributed by atoms with Gasteiger partial charge in [0.25, 0.3) is 0 Å². The largest absolute Gasteiger partial charge is 0.377 e. The van der Waals surface area contributed by atoms with Crippen molar-refractivity contribution in [1.82, 2.24) is 30.3 Å². The molecule has 1 aromatic rings. The van der Waals surface area contributed by atoms with E-state index in [0.717, 1.165) is 56.0 Å². The predicted octanol–water partition coefficient (Wildman–Crippen LogP) is 1.80. The van der Waals surface area contributed by atoms with E-state index in [1.54, 1.807) is 7.11 Å². The summed E-state index contributed by atoms with van der Waals surface area (Å²) in [6, 6.07) is 0.301. The smallest absolute Gasteiger partial charge is 0.191 e. The normalized spacial score (nSPS) is 23.7. The molecule has 8 nitrogen and oxygen atoms in total. The number of nitrogens with zero attached hydrogens (tertiary/aromatic N) is 5. The minimum atomic E-state index is 0.0672. The summed E-state index contributed by atoms with van der Waals surface area (Å²) in [4.78, 5) is 12.1. The number of methoxy groups -OCH3 is 1. The first-order valence-electron chi connectivity index (χ1n) is 11.1. The van der Waals surface area contributed by atoms with Crippen LogP contribution in [-0.2, 0) is 24.3 Å². The third-order valence-electron chi connectivity index (χ3n) is 6.00. The standard InChI is InChI=1S/C21H39N7O/c1-6-22-20(23-15-21(3,4)27-11-7-8-16(2)12-27)24-17-9-10-19-25-18(14-29-5)26-28(19)13-17/h16-17H,6-15H2,1-5H3,(H2,22,23,24). The lowest BCUT2D eigenvalue weighted by atomic mass is 9.94. The third kappa shape index (κ3) is 5.92. The molecule has 1 aromatic heterocycles. The second-order valence-electron chi connectivity index (χ2n) is 9.14. The van der Waals surface area contributed by atoms with Crippen molar-refractivity contribution in [2.75, 3.05) is 33.3 Å². The van der Waals surface area contributed by atoms with E-state index in [0.29, 0.717) is 12.6 Å². The van der Waals surface area contributed by atoms with E-state index < -0.39 is 0 Å². The number of aliphatic imine (C=N–C) groups is 1. The SMILES string of the molecule is CCNC(=NCC(C)(C)N1CCCC(C)C1)NC1CCc2nc(COC)nn2C1. The molecule has 0 bridgehead atoms. The molecule has 8 heteroatoms. The predicted molar refractivity (Wildman–Crippen MR) is 116 cm³/mol. The second kappa shape index (κ2) is 9.89. The molecule has 3 heterocycles. The molecule has 2 aliphatic heterocycles. The van der Waals surface area contributed by atoms with Gasteiger partial charge in [-0.15, -0.1) is 0 Å². The highest BCUT2D eigenvalue weighted by Crippen LogP contribution is 2.24. The highest BCUT2D eigenvalue weighted by Gasteiger charge is 2.30. The van der Waals surface area contributed by atoms with Gasteiger partial charge in [0.05, 0.1) is 13.1 Å². The van der Waals surface area contributed by atoms with Crippen LogP contribution in [0.25, 0.3) is 0 Å². The molecule has 2 N–H and O–H groups in total. The molecule has 29 heavy (non-hydrogen) atoms. The first-order valence-corrected chi connectivity index (χ1v) is 11.1. The number of nitrogens with one attached hydrogen (secondary N) is 2. The molecule has 1 fully saturated rings. The molecule has 0 amide bonds. The van der Waals surface area contributed by atoms with Gasteiger partial charge in [-0.25, -0.2) is 9.67 Å². The maximum Gasteiger partial charge on any atom is 0.191 e. The average Bonchev–Trinajstić information content (AvgIpc) is 3.08. The van der Waals surface area contributed by atoms with E-state index in [1.807, 2.05) is 4.68 Å². The summed E-state index contributed by atoms with van der Waals surface area (Å²) in [6.07, 6.45) is 4.59. The minimum absolute atomic E-state index is 0.0672. The highest BCUT2D eigenvalue weighted by atomic mass is 16.5. The molecular weight excluding hydrogens is 366 g/mol. The zero-order valence-electron chi connectivity index (χ0n) is 18.9. The van der Waals surface area contributed by atoms with Crippen molar-refractivity contribution in [1.29, 1.82) is 0 Å². The Morgan fingerprint density at radius 3 is 2.86 bits per heavy atom. The summed E-state index contributed by atoms with van der Waals surface area (Å²) in [5, 5.41) is 11.6. The molecule has 2 unspecified atom stereocenters. The Hall–Kier alpha value is -1.67. The lowest BCUT2D eigenvalue weighted by molar-refractivity contribution is 0.0774. The van der Waals surface area contributed by atoms with Crippen molar-refractivity contribution in [3.05, 3.63) is 11.6 Å². The number of piperidine rings is 1. The molecule has 2 atom stereocenters. The first kappa shape index (κ1) is 22.0. The molecule has 0 radical (unpaired) electrons. The van der Waals surface area contributed by atoms with Crippen molar-refractivity contribution in [3.8, 4) is 0 Å². The molecule has 164 valence electrons. The number of aromatic nitrogens is 3. The summed E-state index contributed by atoms with van der Waals surface area (Å²) in [5.41, 5.74) is 0.0672. The van der Waals surface area contributed by atoms with Gasteiger partial charge in [0.15, 0.2) is 11.8 Å². The van der Waals surface area contributed by atoms with E-state index in [-0.39, 0.29) is 5.54 Å². The minimum Gasteiger partial charge on any atom is -0.377 e. The van der Waals surface area contributed by atoms with Crippen LogP contribution in [0.4, 0.5) is 0 Å². The number of likely N-dealkylation sites (tertiary alicyclic amines) is 1. The van der Waals surface area contributed by atoms with Crippen molar-refractivity contribution in [2.24, 2.45) is 10.9 Å². The Labute approximate surface area is 175 Å². The van der Waals surface area contributed by atoms with Gasteiger partial charge in [-0.2, -0.15) is 5.10 Å². The van der Waals surface area contributed by atoms with Crippen LogP contribution in [0.2, 0.25) is 0 Å². The molecule has 2 aliphatic rings. The topological polar surface area (TPSA) is 79.6 Å². The fourth-order valence-electron chi connectivity index (χ4n) is 4.29. The number of hydrogen-bond acceptors (Lipinski definition) is 5. The fraction of sp³-hybridized carbons (Fsp3) is 0.857. The lowest BCUT2D eigenvalue weighted by Gasteiger charge is -2.42. The molecule has 0 spiro atoms.